The van der Waals surface area contributed by atoms with Gasteiger partial charge in [-0.25, -0.2) is 18.7 Å². The molecule has 0 bridgehead atoms. The first kappa shape index (κ1) is 38.8. The van der Waals surface area contributed by atoms with Gasteiger partial charge in [-0.1, -0.05) is 77.6 Å². The molecule has 4 N–H and O–H groups in total. The zero-order valence-electron chi connectivity index (χ0n) is 28.2. The predicted molar refractivity (Wildman–Crippen MR) is 192 cm³/mol. The highest BCUT2D eigenvalue weighted by molar-refractivity contribution is 7.88. The summed E-state index contributed by atoms with van der Waals surface area (Å²) in [6.45, 7) is 0.637. The molecule has 5 atom stereocenters. The van der Waals surface area contributed by atoms with Crippen molar-refractivity contribution in [1.29, 1.82) is 0 Å². The van der Waals surface area contributed by atoms with E-state index < -0.39 is 64.0 Å². The Bertz CT molecular complexity index is 2010. The summed E-state index contributed by atoms with van der Waals surface area (Å²) in [6.07, 6.45) is 3.17. The molecule has 1 fully saturated rings. The van der Waals surface area contributed by atoms with E-state index in [1.165, 1.54) is 30.0 Å². The van der Waals surface area contributed by atoms with Crippen molar-refractivity contribution in [3.8, 4) is 5.75 Å². The first-order chi connectivity index (χ1) is 24.7. The van der Waals surface area contributed by atoms with Gasteiger partial charge < -0.3 is 14.7 Å². The molecule has 5 rings (SSSR count). The lowest BCUT2D eigenvalue weighted by molar-refractivity contribution is -0.152. The van der Waals surface area contributed by atoms with Gasteiger partial charge >= 0.3 is 5.97 Å². The summed E-state index contributed by atoms with van der Waals surface area (Å²) >= 11 is 13.1. The van der Waals surface area contributed by atoms with Gasteiger partial charge in [0.25, 0.3) is 11.8 Å². The molecule has 0 radical (unpaired) electrons. The minimum Gasteiger partial charge on any atom is -0.478 e. The summed E-state index contributed by atoms with van der Waals surface area (Å²) in [5.41, 5.74) is 10.9. The Morgan fingerprint density at radius 3 is 2.54 bits per heavy atom. The van der Waals surface area contributed by atoms with Gasteiger partial charge in [0.2, 0.25) is 15.6 Å². The molecule has 1 saturated carbocycles. The Hall–Kier alpha value is -4.41. The number of nitrogens with zero attached hydrogens (tertiary/aromatic N) is 5. The van der Waals surface area contributed by atoms with Crippen LogP contribution in [0.25, 0.3) is 10.4 Å². The van der Waals surface area contributed by atoms with Gasteiger partial charge in [0.15, 0.2) is 0 Å². The van der Waals surface area contributed by atoms with E-state index in [0.717, 1.165) is 10.7 Å². The number of nitrogens with one attached hydrogen (secondary N) is 1. The Kier molecular flexibility index (Phi) is 12.0. The van der Waals surface area contributed by atoms with E-state index in [-0.39, 0.29) is 22.9 Å². The second kappa shape index (κ2) is 16.1. The van der Waals surface area contributed by atoms with Crippen molar-refractivity contribution in [3.05, 3.63) is 109 Å². The fourth-order valence-electron chi connectivity index (χ4n) is 6.75. The van der Waals surface area contributed by atoms with Crippen LogP contribution in [-0.4, -0.2) is 71.1 Å². The highest BCUT2D eigenvalue weighted by Crippen LogP contribution is 2.48. The molecule has 2 aliphatic rings. The number of hydrogen-bond acceptors (Lipinski definition) is 9. The molecule has 0 aromatic heterocycles. The van der Waals surface area contributed by atoms with Crippen LogP contribution in [0.1, 0.15) is 71.6 Å². The number of nitrogens with two attached hydrogens (primary N) is 1. The number of carboxylic acid groups (broad SMARTS) is 1. The average Bonchev–Trinajstić information content (AvgIpc) is 3.10. The van der Waals surface area contributed by atoms with Gasteiger partial charge in [0.05, 0.1) is 43.5 Å². The zero-order valence-corrected chi connectivity index (χ0v) is 30.5. The van der Waals surface area contributed by atoms with Crippen molar-refractivity contribution < 1.29 is 37.5 Å². The van der Waals surface area contributed by atoms with Gasteiger partial charge in [-0.15, -0.1) is 4.41 Å². The number of aliphatic carboxylic acids is 1. The van der Waals surface area contributed by atoms with Crippen LogP contribution in [0.4, 0.5) is 0 Å². The first-order valence-corrected chi connectivity index (χ1v) is 18.8. The number of benzene rings is 3. The molecule has 0 spiro atoms. The van der Waals surface area contributed by atoms with Crippen LogP contribution in [-0.2, 0) is 31.1 Å². The number of halogens is 2. The average molecular weight is 775 g/mol. The third-order valence-electron chi connectivity index (χ3n) is 9.24. The van der Waals surface area contributed by atoms with Crippen LogP contribution in [0.2, 0.25) is 10.0 Å². The highest BCUT2D eigenvalue weighted by atomic mass is 35.5. The van der Waals surface area contributed by atoms with Crippen molar-refractivity contribution in [1.82, 2.24) is 14.8 Å². The number of carboxylic acids is 1. The number of ether oxygens (including phenoxy) is 1. The third kappa shape index (κ3) is 8.29. The Labute approximate surface area is 310 Å². The first-order valence-electron chi connectivity index (χ1n) is 16.2. The van der Waals surface area contributed by atoms with Gasteiger partial charge in [0.1, 0.15) is 5.75 Å². The third-order valence-corrected chi connectivity index (χ3v) is 10.8. The number of carbonyl (C=O) groups excluding carboxylic acids is 2. The van der Waals surface area contributed by atoms with E-state index in [4.69, 9.17) is 44.2 Å². The summed E-state index contributed by atoms with van der Waals surface area (Å²) in [7, 11) is -3.86. The predicted octanol–water partition coefficient (Wildman–Crippen LogP) is 5.50. The SMILES string of the molecule is CC(CN=[N+]=[N-])(Oc1cccc(CONC(=O)[C@@H]2c3ccccc3C(=O)N([C@H]3CCCC[C@@H]3N(N)S(C)(=O)=O)[C@H]2c2ccc(Cl)cc2Cl)c1)C(=O)O. The van der Waals surface area contributed by atoms with E-state index in [2.05, 4.69) is 15.5 Å². The molecule has 1 aliphatic heterocycles. The number of hydrazine groups is 1. The Morgan fingerprint density at radius 2 is 1.85 bits per heavy atom. The van der Waals surface area contributed by atoms with Crippen molar-refractivity contribution in [2.45, 2.75) is 68.9 Å². The van der Waals surface area contributed by atoms with E-state index >= 15 is 0 Å². The number of azide groups is 1. The molecule has 1 heterocycles. The lowest BCUT2D eigenvalue weighted by Gasteiger charge is -2.50. The van der Waals surface area contributed by atoms with E-state index in [0.29, 0.717) is 47.4 Å². The molecular weight excluding hydrogens is 737 g/mol. The van der Waals surface area contributed by atoms with Crippen LogP contribution in [0.15, 0.2) is 71.8 Å². The number of hydroxylamine groups is 1. The minimum absolute atomic E-state index is 0.156. The maximum atomic E-state index is 14.5. The second-order valence-corrected chi connectivity index (χ2v) is 15.6. The molecular formula is C34H37Cl2N7O8S. The maximum Gasteiger partial charge on any atom is 0.347 e. The number of rotatable bonds is 13. The van der Waals surface area contributed by atoms with Crippen LogP contribution in [0.5, 0.6) is 5.75 Å². The zero-order chi connectivity index (χ0) is 37.8. The molecule has 0 saturated heterocycles. The van der Waals surface area contributed by atoms with Gasteiger partial charge in [-0.3, -0.25) is 20.3 Å². The monoisotopic (exact) mass is 773 g/mol. The fraction of sp³-hybridized carbons (Fsp3) is 0.382. The molecule has 18 heteroatoms. The molecule has 52 heavy (non-hydrogen) atoms. The quantitative estimate of drug-likeness (QED) is 0.0656. The number of amides is 2. The van der Waals surface area contributed by atoms with Crippen molar-refractivity contribution in [3.63, 3.8) is 0 Å². The van der Waals surface area contributed by atoms with Crippen molar-refractivity contribution >= 4 is 51.0 Å². The summed E-state index contributed by atoms with van der Waals surface area (Å²) in [5, 5.41) is 13.5. The van der Waals surface area contributed by atoms with Crippen LogP contribution in [0, 0.1) is 0 Å². The number of hydrogen-bond donors (Lipinski definition) is 3. The number of sulfonamides is 1. The topological polar surface area (TPSA) is 217 Å². The molecule has 2 amide bonds. The van der Waals surface area contributed by atoms with Gasteiger partial charge in [-0.05, 0) is 72.3 Å². The maximum absolute atomic E-state index is 14.5. The fourth-order valence-corrected chi connectivity index (χ4v) is 8.01. The van der Waals surface area contributed by atoms with Crippen molar-refractivity contribution in [2.75, 3.05) is 12.8 Å². The largest absolute Gasteiger partial charge is 0.478 e. The van der Waals surface area contributed by atoms with E-state index in [1.807, 2.05) is 0 Å². The van der Waals surface area contributed by atoms with Crippen LogP contribution in [0.3, 0.4) is 0 Å². The van der Waals surface area contributed by atoms with Gasteiger partial charge in [-0.2, -0.15) is 0 Å². The van der Waals surface area contributed by atoms with E-state index in [9.17, 15) is 27.9 Å². The summed E-state index contributed by atoms with van der Waals surface area (Å²) in [5.74, 6) is 2.89. The summed E-state index contributed by atoms with van der Waals surface area (Å²) < 4.78 is 31.8. The lowest BCUT2D eigenvalue weighted by atomic mass is 9.76. The Balaban J connectivity index is 1.49. The smallest absolute Gasteiger partial charge is 0.347 e. The molecule has 3 aromatic rings. The highest BCUT2D eigenvalue weighted by Gasteiger charge is 2.50. The second-order valence-electron chi connectivity index (χ2n) is 12.8. The molecule has 3 aromatic carbocycles. The summed E-state index contributed by atoms with van der Waals surface area (Å²) in [6, 6.07) is 15.2. The van der Waals surface area contributed by atoms with Gasteiger partial charge in [0, 0.05) is 20.5 Å². The minimum atomic E-state index is -3.86. The normalized spacial score (nSPS) is 21.4. The molecule has 15 nitrogen and oxygen atoms in total. The number of carbonyl (C=O) groups is 3. The van der Waals surface area contributed by atoms with Crippen LogP contribution < -0.4 is 16.1 Å². The summed E-state index contributed by atoms with van der Waals surface area (Å²) in [4.78, 5) is 50.5. The standard InChI is InChI=1S/C34H37Cl2N7O8S/c1-34(33(46)47,19-39-41-37)51-22-9-7-8-20(16-22)18-50-40-31(44)29-23-10-3-4-11-24(23)32(45)42(30(29)25-15-14-21(35)17-26(25)36)27-12-5-6-13-28(27)43(38)52(2,48)49/h3-4,7-11,14-17,27-30H,5-6,12-13,18-19,38H2,1-2H3,(H,40,44)(H,46,47)/t27-,28-,29+,30-,34?/m0/s1. The lowest BCUT2D eigenvalue weighted by Crippen LogP contribution is -2.61. The molecule has 1 aliphatic carbocycles. The van der Waals surface area contributed by atoms with Crippen LogP contribution >= 0.6 is 23.2 Å². The molecule has 276 valence electrons. The Morgan fingerprint density at radius 1 is 1.12 bits per heavy atom. The number of fused-ring (bicyclic) bond motifs is 1. The van der Waals surface area contributed by atoms with E-state index in [1.54, 1.807) is 48.5 Å². The van der Waals surface area contributed by atoms with Crippen molar-refractivity contribution in [2.24, 2.45) is 11.0 Å². The molecule has 1 unspecified atom stereocenters.